The van der Waals surface area contributed by atoms with Gasteiger partial charge in [0.25, 0.3) is 0 Å². The maximum absolute atomic E-state index is 11.7. The molecule has 0 radical (unpaired) electrons. The topological polar surface area (TPSA) is 50.4 Å². The predicted molar refractivity (Wildman–Crippen MR) is 66.9 cm³/mol. The van der Waals surface area contributed by atoms with Crippen molar-refractivity contribution in [3.63, 3.8) is 0 Å². The second-order valence-corrected chi connectivity index (χ2v) is 6.36. The van der Waals surface area contributed by atoms with Gasteiger partial charge in [0.2, 0.25) is 0 Å². The fourth-order valence-electron chi connectivity index (χ4n) is 2.85. The lowest BCUT2D eigenvalue weighted by molar-refractivity contribution is 0.0498. The summed E-state index contributed by atoms with van der Waals surface area (Å²) < 4.78 is 5.28. The third-order valence-corrected chi connectivity index (χ3v) is 3.53. The molecule has 2 rings (SSSR count). The Morgan fingerprint density at radius 1 is 1.29 bits per heavy atom. The lowest BCUT2D eigenvalue weighted by Gasteiger charge is -2.25. The summed E-state index contributed by atoms with van der Waals surface area (Å²) >= 11 is 0. The Kier molecular flexibility index (Phi) is 3.61. The van der Waals surface area contributed by atoms with Crippen LogP contribution in [0.2, 0.25) is 0 Å². The molecule has 1 amide bonds. The van der Waals surface area contributed by atoms with Gasteiger partial charge in [-0.1, -0.05) is 0 Å². The Hall–Kier alpha value is -0.770. The van der Waals surface area contributed by atoms with Crippen molar-refractivity contribution < 1.29 is 9.53 Å². The molecule has 2 aliphatic rings. The number of carbonyl (C=O) groups is 1. The predicted octanol–water partition coefficient (Wildman–Crippen LogP) is 2.04. The van der Waals surface area contributed by atoms with Crippen molar-refractivity contribution in [3.05, 3.63) is 0 Å². The molecule has 17 heavy (non-hydrogen) atoms. The number of rotatable bonds is 1. The van der Waals surface area contributed by atoms with Crippen molar-refractivity contribution in [3.8, 4) is 0 Å². The van der Waals surface area contributed by atoms with E-state index in [1.807, 2.05) is 20.8 Å². The van der Waals surface area contributed by atoms with Gasteiger partial charge in [-0.05, 0) is 52.4 Å². The third-order valence-electron chi connectivity index (χ3n) is 3.53. The van der Waals surface area contributed by atoms with Crippen molar-refractivity contribution in [2.24, 2.45) is 5.92 Å². The summed E-state index contributed by atoms with van der Waals surface area (Å²) in [5.41, 5.74) is -0.415. The van der Waals surface area contributed by atoms with Gasteiger partial charge in [-0.3, -0.25) is 0 Å². The molecule has 2 bridgehead atoms. The number of nitrogens with one attached hydrogen (secondary N) is 2. The van der Waals surface area contributed by atoms with E-state index in [1.165, 1.54) is 19.3 Å². The first-order valence-electron chi connectivity index (χ1n) is 6.65. The maximum atomic E-state index is 11.7. The molecule has 0 aromatic heterocycles. The lowest BCUT2D eigenvalue weighted by atomic mass is 9.99. The van der Waals surface area contributed by atoms with E-state index in [2.05, 4.69) is 10.6 Å². The number of fused-ring (bicyclic) bond motifs is 2. The average molecular weight is 240 g/mol. The van der Waals surface area contributed by atoms with E-state index in [0.717, 1.165) is 18.9 Å². The highest BCUT2D eigenvalue weighted by molar-refractivity contribution is 5.68. The summed E-state index contributed by atoms with van der Waals surface area (Å²) in [6.45, 7) is 6.54. The van der Waals surface area contributed by atoms with Crippen LogP contribution in [-0.4, -0.2) is 30.3 Å². The molecule has 1 aliphatic carbocycles. The molecule has 2 fully saturated rings. The minimum Gasteiger partial charge on any atom is -0.444 e. The number of alkyl carbamates (subject to hydrolysis) is 1. The van der Waals surface area contributed by atoms with E-state index in [9.17, 15) is 4.79 Å². The molecule has 98 valence electrons. The van der Waals surface area contributed by atoms with Crippen LogP contribution < -0.4 is 10.6 Å². The number of hydrogen-bond acceptors (Lipinski definition) is 3. The van der Waals surface area contributed by atoms with Crippen LogP contribution in [0.4, 0.5) is 4.79 Å². The molecule has 0 aromatic rings. The van der Waals surface area contributed by atoms with Crippen molar-refractivity contribution in [2.75, 3.05) is 6.54 Å². The van der Waals surface area contributed by atoms with Gasteiger partial charge in [-0.2, -0.15) is 0 Å². The quantitative estimate of drug-likeness (QED) is 0.737. The SMILES string of the molecule is CC(C)(C)OC(=O)N[C@H]1CN[C@H]2CC[C@@H](C2)C1. The highest BCUT2D eigenvalue weighted by Gasteiger charge is 2.31. The molecule has 4 heteroatoms. The first-order valence-corrected chi connectivity index (χ1v) is 6.65. The van der Waals surface area contributed by atoms with E-state index in [-0.39, 0.29) is 12.1 Å². The van der Waals surface area contributed by atoms with Crippen LogP contribution in [0.5, 0.6) is 0 Å². The summed E-state index contributed by atoms with van der Waals surface area (Å²) in [7, 11) is 0. The minimum atomic E-state index is -0.415. The van der Waals surface area contributed by atoms with Gasteiger partial charge in [-0.25, -0.2) is 4.79 Å². The Balaban J connectivity index is 1.81. The highest BCUT2D eigenvalue weighted by Crippen LogP contribution is 2.31. The van der Waals surface area contributed by atoms with Gasteiger partial charge in [-0.15, -0.1) is 0 Å². The van der Waals surface area contributed by atoms with Crippen molar-refractivity contribution in [1.82, 2.24) is 10.6 Å². The Morgan fingerprint density at radius 2 is 2.06 bits per heavy atom. The molecule has 1 aliphatic heterocycles. The number of ether oxygens (including phenoxy) is 1. The van der Waals surface area contributed by atoms with Gasteiger partial charge in [0.1, 0.15) is 5.60 Å². The average Bonchev–Trinajstić information content (AvgIpc) is 2.48. The molecule has 0 aromatic carbocycles. The van der Waals surface area contributed by atoms with E-state index in [1.54, 1.807) is 0 Å². The summed E-state index contributed by atoms with van der Waals surface area (Å²) in [6.07, 6.45) is 4.66. The van der Waals surface area contributed by atoms with Crippen LogP contribution in [0.3, 0.4) is 0 Å². The number of carbonyl (C=O) groups excluding carboxylic acids is 1. The van der Waals surface area contributed by atoms with Crippen molar-refractivity contribution in [2.45, 2.75) is 64.1 Å². The zero-order chi connectivity index (χ0) is 12.5. The van der Waals surface area contributed by atoms with Gasteiger partial charge in [0, 0.05) is 18.6 Å². The summed E-state index contributed by atoms with van der Waals surface area (Å²) in [6, 6.07) is 0.894. The van der Waals surface area contributed by atoms with Crippen LogP contribution in [0.15, 0.2) is 0 Å². The molecule has 1 saturated carbocycles. The molecule has 0 unspecified atom stereocenters. The van der Waals surface area contributed by atoms with Crippen molar-refractivity contribution in [1.29, 1.82) is 0 Å². The van der Waals surface area contributed by atoms with E-state index in [4.69, 9.17) is 4.74 Å². The van der Waals surface area contributed by atoms with Gasteiger partial charge < -0.3 is 15.4 Å². The zero-order valence-corrected chi connectivity index (χ0v) is 11.1. The van der Waals surface area contributed by atoms with E-state index < -0.39 is 5.60 Å². The first-order chi connectivity index (χ1) is 7.92. The lowest BCUT2D eigenvalue weighted by Crippen LogP contribution is -2.45. The normalized spacial score (nSPS) is 33.0. The largest absolute Gasteiger partial charge is 0.444 e. The summed E-state index contributed by atoms with van der Waals surface area (Å²) in [4.78, 5) is 11.7. The maximum Gasteiger partial charge on any atom is 0.407 e. The van der Waals surface area contributed by atoms with E-state index in [0.29, 0.717) is 6.04 Å². The Bertz CT molecular complexity index is 286. The second-order valence-electron chi connectivity index (χ2n) is 6.36. The molecule has 1 saturated heterocycles. The smallest absolute Gasteiger partial charge is 0.407 e. The minimum absolute atomic E-state index is 0.222. The standard InChI is InChI=1S/C13H24N2O2/c1-13(2,3)17-12(16)15-11-7-9-4-5-10(6-9)14-8-11/h9-11,14H,4-8H2,1-3H3,(H,15,16)/t9-,10-,11+/m0/s1. The fourth-order valence-corrected chi connectivity index (χ4v) is 2.85. The molecular formula is C13H24N2O2. The third kappa shape index (κ3) is 3.87. The van der Waals surface area contributed by atoms with Crippen LogP contribution in [0.25, 0.3) is 0 Å². The van der Waals surface area contributed by atoms with Gasteiger partial charge in [0.15, 0.2) is 0 Å². The van der Waals surface area contributed by atoms with E-state index >= 15 is 0 Å². The zero-order valence-electron chi connectivity index (χ0n) is 11.1. The van der Waals surface area contributed by atoms with Crippen LogP contribution in [0.1, 0.15) is 46.5 Å². The monoisotopic (exact) mass is 240 g/mol. The van der Waals surface area contributed by atoms with Crippen LogP contribution in [-0.2, 0) is 4.74 Å². The molecular weight excluding hydrogens is 216 g/mol. The molecule has 2 N–H and O–H groups in total. The molecule has 3 atom stereocenters. The van der Waals surface area contributed by atoms with Crippen LogP contribution >= 0.6 is 0 Å². The fraction of sp³-hybridized carbons (Fsp3) is 0.923. The highest BCUT2D eigenvalue weighted by atomic mass is 16.6. The van der Waals surface area contributed by atoms with Gasteiger partial charge in [0.05, 0.1) is 0 Å². The number of amides is 1. The molecule has 0 spiro atoms. The second kappa shape index (κ2) is 4.84. The summed E-state index contributed by atoms with van der Waals surface area (Å²) in [5, 5.41) is 6.50. The first kappa shape index (κ1) is 12.7. The molecule has 4 nitrogen and oxygen atoms in total. The summed E-state index contributed by atoms with van der Waals surface area (Å²) in [5.74, 6) is 0.773. The van der Waals surface area contributed by atoms with Crippen LogP contribution in [0, 0.1) is 5.92 Å². The molecule has 1 heterocycles. The Morgan fingerprint density at radius 3 is 2.76 bits per heavy atom. The Labute approximate surface area is 103 Å². The van der Waals surface area contributed by atoms with Gasteiger partial charge >= 0.3 is 6.09 Å². The van der Waals surface area contributed by atoms with Crippen molar-refractivity contribution >= 4 is 6.09 Å². The number of hydrogen-bond donors (Lipinski definition) is 2.